The summed E-state index contributed by atoms with van der Waals surface area (Å²) >= 11 is 0. The van der Waals surface area contributed by atoms with Crippen LogP contribution in [0.15, 0.2) is 24.3 Å². The van der Waals surface area contributed by atoms with E-state index < -0.39 is 0 Å². The minimum absolute atomic E-state index is 0.181. The van der Waals surface area contributed by atoms with E-state index in [-0.39, 0.29) is 6.79 Å². The molecular formula is C24H41N3O2. The van der Waals surface area contributed by atoms with Crippen LogP contribution in [0.5, 0.6) is 0 Å². The van der Waals surface area contributed by atoms with Gasteiger partial charge in [0.05, 0.1) is 0 Å². The third-order valence-corrected chi connectivity index (χ3v) is 5.15. The molecule has 5 heteroatoms. The van der Waals surface area contributed by atoms with Gasteiger partial charge in [-0.2, -0.15) is 0 Å². The van der Waals surface area contributed by atoms with Crippen LogP contribution in [0.3, 0.4) is 0 Å². The molecule has 0 saturated heterocycles. The summed E-state index contributed by atoms with van der Waals surface area (Å²) in [6.07, 6.45) is 9.89. The van der Waals surface area contributed by atoms with Gasteiger partial charge in [0.25, 0.3) is 0 Å². The molecule has 1 aliphatic heterocycles. The predicted octanol–water partition coefficient (Wildman–Crippen LogP) is 5.63. The van der Waals surface area contributed by atoms with E-state index in [1.807, 2.05) is 13.8 Å². The number of benzene rings is 1. The number of hydrogen-bond donors (Lipinski definition) is 1. The van der Waals surface area contributed by atoms with Crippen molar-refractivity contribution in [3.8, 4) is 0 Å². The van der Waals surface area contributed by atoms with Crippen molar-refractivity contribution < 1.29 is 9.84 Å². The predicted molar refractivity (Wildman–Crippen MR) is 120 cm³/mol. The maximum Gasteiger partial charge on any atom is 0.143 e. The Morgan fingerprint density at radius 1 is 1.07 bits per heavy atom. The first-order chi connectivity index (χ1) is 14.2. The van der Waals surface area contributed by atoms with E-state index in [4.69, 9.17) is 5.11 Å². The van der Waals surface area contributed by atoms with Gasteiger partial charge >= 0.3 is 0 Å². The second-order valence-electron chi connectivity index (χ2n) is 7.31. The molecule has 0 amide bonds. The molecule has 0 unspecified atom stereocenters. The molecule has 0 radical (unpaired) electrons. The molecule has 1 aromatic carbocycles. The second-order valence-corrected chi connectivity index (χ2v) is 7.31. The van der Waals surface area contributed by atoms with Crippen molar-refractivity contribution in [1.29, 1.82) is 0 Å². The van der Waals surface area contributed by atoms with Crippen molar-refractivity contribution in [3.05, 3.63) is 47.0 Å². The van der Waals surface area contributed by atoms with Crippen molar-refractivity contribution in [2.24, 2.45) is 0 Å². The number of nitrogens with zero attached hydrogens (tertiary/aromatic N) is 3. The zero-order valence-electron chi connectivity index (χ0n) is 19.2. The first-order valence-electron chi connectivity index (χ1n) is 11.3. The summed E-state index contributed by atoms with van der Waals surface area (Å²) in [6.45, 7) is 9.32. The van der Waals surface area contributed by atoms with Gasteiger partial charge in [-0.3, -0.25) is 0 Å². The Balaban J connectivity index is 0.000000627. The van der Waals surface area contributed by atoms with E-state index in [0.29, 0.717) is 5.92 Å². The number of methoxy groups -OCH3 is 1. The number of aryl methyl sites for hydroxylation is 2. The molecule has 1 aromatic heterocycles. The number of aliphatic hydroxyl groups is 1. The molecule has 0 saturated carbocycles. The number of aliphatic hydroxyl groups excluding tert-OH is 1. The molecule has 0 aliphatic carbocycles. The molecular weight excluding hydrogens is 362 g/mol. The van der Waals surface area contributed by atoms with Crippen LogP contribution < -0.4 is 0 Å². The third-order valence-electron chi connectivity index (χ3n) is 5.15. The Bertz CT molecular complexity index is 651. The first-order valence-corrected chi connectivity index (χ1v) is 11.3. The van der Waals surface area contributed by atoms with Crippen LogP contribution in [0.4, 0.5) is 0 Å². The fraction of sp³-hybridized carbons (Fsp3) is 0.667. The zero-order valence-corrected chi connectivity index (χ0v) is 19.2. The Hall–Kier alpha value is -1.72. The molecule has 0 spiro atoms. The fourth-order valence-electron chi connectivity index (χ4n) is 3.59. The van der Waals surface area contributed by atoms with Gasteiger partial charge in [-0.1, -0.05) is 76.3 Å². The Morgan fingerprint density at radius 3 is 2.34 bits per heavy atom. The average molecular weight is 404 g/mol. The molecule has 2 aromatic rings. The minimum Gasteiger partial charge on any atom is -0.371 e. The van der Waals surface area contributed by atoms with Gasteiger partial charge in [-0.25, -0.2) is 0 Å². The maximum atomic E-state index is 7.65. The second kappa shape index (κ2) is 15.2. The van der Waals surface area contributed by atoms with E-state index in [0.717, 1.165) is 19.4 Å². The van der Waals surface area contributed by atoms with Gasteiger partial charge in [-0.15, -0.1) is 10.2 Å². The van der Waals surface area contributed by atoms with E-state index in [1.54, 1.807) is 0 Å². The fourth-order valence-corrected chi connectivity index (χ4v) is 3.59. The van der Waals surface area contributed by atoms with Gasteiger partial charge in [0.2, 0.25) is 0 Å². The van der Waals surface area contributed by atoms with E-state index in [2.05, 4.69) is 57.6 Å². The van der Waals surface area contributed by atoms with Crippen LogP contribution >= 0.6 is 0 Å². The zero-order chi connectivity index (χ0) is 21.5. The lowest BCUT2D eigenvalue weighted by molar-refractivity contribution is 0.0325. The Morgan fingerprint density at radius 2 is 1.72 bits per heavy atom. The van der Waals surface area contributed by atoms with E-state index >= 15 is 0 Å². The molecule has 0 bridgehead atoms. The largest absolute Gasteiger partial charge is 0.371 e. The van der Waals surface area contributed by atoms with Crippen LogP contribution in [0, 0.1) is 6.92 Å². The topological polar surface area (TPSA) is 60.2 Å². The van der Waals surface area contributed by atoms with E-state index in [9.17, 15) is 0 Å². The van der Waals surface area contributed by atoms with Crippen molar-refractivity contribution >= 4 is 0 Å². The summed E-state index contributed by atoms with van der Waals surface area (Å²) in [7, 11) is 1.43. The number of hydrogen-bond acceptors (Lipinski definition) is 4. The quantitative estimate of drug-likeness (QED) is 0.635. The number of aromatic nitrogens is 3. The third kappa shape index (κ3) is 8.27. The van der Waals surface area contributed by atoms with Crippen molar-refractivity contribution in [2.75, 3.05) is 13.9 Å². The summed E-state index contributed by atoms with van der Waals surface area (Å²) in [4.78, 5) is 0. The Labute approximate surface area is 177 Å². The maximum absolute atomic E-state index is 7.65. The molecule has 0 fully saturated rings. The number of unbranched alkanes of at least 4 members (excludes halogenated alkanes) is 1. The molecule has 1 N–H and O–H groups in total. The van der Waals surface area contributed by atoms with Crippen LogP contribution in [-0.2, 0) is 17.7 Å². The molecule has 3 rings (SSSR count). The van der Waals surface area contributed by atoms with Gasteiger partial charge in [0, 0.05) is 26.0 Å². The molecule has 5 nitrogen and oxygen atoms in total. The van der Waals surface area contributed by atoms with Crippen molar-refractivity contribution in [2.45, 2.75) is 91.5 Å². The molecule has 164 valence electrons. The lowest BCUT2D eigenvalue weighted by atomic mass is 9.92. The van der Waals surface area contributed by atoms with E-state index in [1.165, 1.54) is 68.4 Å². The SMILES string of the molecule is CC.CCCC[C@@H](c1ccc(C)cc1)c1nnc2n1CCCCCC2.COCO. The monoisotopic (exact) mass is 403 g/mol. The average Bonchev–Trinajstić information content (AvgIpc) is 3.12. The smallest absolute Gasteiger partial charge is 0.143 e. The molecule has 1 aliphatic rings. The summed E-state index contributed by atoms with van der Waals surface area (Å²) in [5.41, 5.74) is 2.71. The minimum atomic E-state index is -0.181. The molecule has 29 heavy (non-hydrogen) atoms. The molecule has 2 heterocycles. The normalized spacial score (nSPS) is 14.3. The number of ether oxygens (including phenoxy) is 1. The van der Waals surface area contributed by atoms with Gasteiger partial charge in [-0.05, 0) is 31.7 Å². The highest BCUT2D eigenvalue weighted by Gasteiger charge is 2.23. The van der Waals surface area contributed by atoms with Crippen LogP contribution in [0.1, 0.15) is 94.4 Å². The summed E-state index contributed by atoms with van der Waals surface area (Å²) < 4.78 is 6.53. The Kier molecular flexibility index (Phi) is 13.2. The van der Waals surface area contributed by atoms with Crippen molar-refractivity contribution in [1.82, 2.24) is 14.8 Å². The number of fused-ring (bicyclic) bond motifs is 1. The summed E-state index contributed by atoms with van der Waals surface area (Å²) in [5.74, 6) is 2.78. The highest BCUT2D eigenvalue weighted by molar-refractivity contribution is 5.29. The standard InChI is InChI=1S/C20H29N3.C2H6O2.C2H6/c1-3-4-9-18(17-13-11-16(2)12-14-17)20-22-21-19-10-7-5-6-8-15-23(19)20;1-4-2-3;1-2/h11-14,18H,3-10,15H2,1-2H3;3H,2H2,1H3;1-2H3/t18-;;/m0../s1. The van der Waals surface area contributed by atoms with Gasteiger partial charge in [0.1, 0.15) is 18.4 Å². The van der Waals surface area contributed by atoms with Crippen LogP contribution in [0.25, 0.3) is 0 Å². The van der Waals surface area contributed by atoms with Gasteiger partial charge < -0.3 is 14.4 Å². The first kappa shape index (κ1) is 25.3. The lowest BCUT2D eigenvalue weighted by Gasteiger charge is -2.20. The lowest BCUT2D eigenvalue weighted by Crippen LogP contribution is -2.14. The van der Waals surface area contributed by atoms with Crippen LogP contribution in [0.2, 0.25) is 0 Å². The van der Waals surface area contributed by atoms with Gasteiger partial charge in [0.15, 0.2) is 0 Å². The number of rotatable bonds is 6. The summed E-state index contributed by atoms with van der Waals surface area (Å²) in [5, 5.41) is 16.8. The highest BCUT2D eigenvalue weighted by atomic mass is 16.6. The summed E-state index contributed by atoms with van der Waals surface area (Å²) in [6, 6.07) is 9.00. The van der Waals surface area contributed by atoms with Crippen LogP contribution in [-0.4, -0.2) is 33.8 Å². The van der Waals surface area contributed by atoms with Crippen molar-refractivity contribution in [3.63, 3.8) is 0 Å². The highest BCUT2D eigenvalue weighted by Crippen LogP contribution is 2.30. The molecule has 1 atom stereocenters.